The fourth-order valence-electron chi connectivity index (χ4n) is 3.48. The zero-order chi connectivity index (χ0) is 21.9. The number of aryl methyl sites for hydroxylation is 2. The van der Waals surface area contributed by atoms with E-state index in [2.05, 4.69) is 27.3 Å². The minimum atomic E-state index is -4.64. The Labute approximate surface area is 172 Å². The summed E-state index contributed by atoms with van der Waals surface area (Å²) in [4.78, 5) is 20.0. The van der Waals surface area contributed by atoms with E-state index < -0.39 is 12.0 Å². The molecule has 1 N–H and O–H groups in total. The van der Waals surface area contributed by atoms with Gasteiger partial charge < -0.3 is 5.32 Å². The van der Waals surface area contributed by atoms with Crippen LogP contribution in [0.25, 0.3) is 5.78 Å². The molecule has 0 radical (unpaired) electrons. The van der Waals surface area contributed by atoms with Crippen molar-refractivity contribution in [2.45, 2.75) is 52.1 Å². The standard InChI is InChI=1S/C21H24F3N5O/c1-4-15(16-8-6-5-7-9-16)12-25-18(30)11-10-17-13(2)26-20-27-19(21(22,23)24)28-29(20)14(17)3/h5-9,15H,4,10-12H2,1-3H3,(H,25,30)/t15-/m1/s1. The highest BCUT2D eigenvalue weighted by atomic mass is 19.4. The molecule has 2 aromatic heterocycles. The van der Waals surface area contributed by atoms with Gasteiger partial charge in [0.25, 0.3) is 11.6 Å². The summed E-state index contributed by atoms with van der Waals surface area (Å²) < 4.78 is 39.8. The van der Waals surface area contributed by atoms with Gasteiger partial charge in [0.1, 0.15) is 0 Å². The molecule has 1 amide bonds. The van der Waals surface area contributed by atoms with Crippen LogP contribution in [0.2, 0.25) is 0 Å². The van der Waals surface area contributed by atoms with E-state index >= 15 is 0 Å². The number of carbonyl (C=O) groups is 1. The van der Waals surface area contributed by atoms with Crippen LogP contribution in [0.4, 0.5) is 13.2 Å². The Hall–Kier alpha value is -2.97. The van der Waals surface area contributed by atoms with E-state index in [1.807, 2.05) is 30.3 Å². The molecule has 160 valence electrons. The molecule has 30 heavy (non-hydrogen) atoms. The first kappa shape index (κ1) is 21.7. The van der Waals surface area contributed by atoms with Crippen molar-refractivity contribution in [3.05, 3.63) is 58.7 Å². The zero-order valence-corrected chi connectivity index (χ0v) is 17.1. The van der Waals surface area contributed by atoms with Gasteiger partial charge in [0.05, 0.1) is 0 Å². The van der Waals surface area contributed by atoms with Gasteiger partial charge in [-0.25, -0.2) is 9.50 Å². The number of halogens is 3. The van der Waals surface area contributed by atoms with Gasteiger partial charge in [0.15, 0.2) is 0 Å². The lowest BCUT2D eigenvalue weighted by Crippen LogP contribution is -2.28. The normalized spacial score (nSPS) is 12.9. The van der Waals surface area contributed by atoms with Gasteiger partial charge in [-0.2, -0.15) is 18.2 Å². The molecule has 3 rings (SSSR count). The monoisotopic (exact) mass is 419 g/mol. The highest BCUT2D eigenvalue weighted by Gasteiger charge is 2.37. The van der Waals surface area contributed by atoms with Gasteiger partial charge in [-0.05, 0) is 37.8 Å². The van der Waals surface area contributed by atoms with Crippen LogP contribution in [0.15, 0.2) is 30.3 Å². The first-order valence-corrected chi connectivity index (χ1v) is 9.82. The third kappa shape index (κ3) is 4.77. The minimum absolute atomic E-state index is 0.0980. The molecule has 0 aliphatic rings. The van der Waals surface area contributed by atoms with Crippen LogP contribution in [0.3, 0.4) is 0 Å². The van der Waals surface area contributed by atoms with Gasteiger partial charge in [0.2, 0.25) is 5.91 Å². The Balaban J connectivity index is 1.67. The molecule has 0 spiro atoms. The number of aromatic nitrogens is 4. The Bertz CT molecular complexity index is 1030. The molecule has 3 aromatic rings. The number of hydrogen-bond acceptors (Lipinski definition) is 4. The quantitative estimate of drug-likeness (QED) is 0.628. The van der Waals surface area contributed by atoms with Crippen molar-refractivity contribution < 1.29 is 18.0 Å². The molecule has 0 saturated heterocycles. The van der Waals surface area contributed by atoms with Gasteiger partial charge in [0, 0.05) is 30.3 Å². The van der Waals surface area contributed by atoms with E-state index in [9.17, 15) is 18.0 Å². The molecule has 1 atom stereocenters. The Kier molecular flexibility index (Phi) is 6.38. The van der Waals surface area contributed by atoms with Crippen LogP contribution in [0.5, 0.6) is 0 Å². The Morgan fingerprint density at radius 2 is 1.87 bits per heavy atom. The van der Waals surface area contributed by atoms with Crippen molar-refractivity contribution in [1.82, 2.24) is 24.9 Å². The molecule has 9 heteroatoms. The number of hydrogen-bond donors (Lipinski definition) is 1. The smallest absolute Gasteiger partial charge is 0.355 e. The first-order chi connectivity index (χ1) is 14.2. The number of fused-ring (bicyclic) bond motifs is 1. The summed E-state index contributed by atoms with van der Waals surface area (Å²) in [6, 6.07) is 9.99. The lowest BCUT2D eigenvalue weighted by atomic mass is 9.96. The summed E-state index contributed by atoms with van der Waals surface area (Å²) in [6.07, 6.45) is -3.17. The average Bonchev–Trinajstić information content (AvgIpc) is 3.14. The van der Waals surface area contributed by atoms with Crippen molar-refractivity contribution >= 4 is 11.7 Å². The highest BCUT2D eigenvalue weighted by Crippen LogP contribution is 2.27. The first-order valence-electron chi connectivity index (χ1n) is 9.82. The number of nitrogens with zero attached hydrogens (tertiary/aromatic N) is 4. The van der Waals surface area contributed by atoms with Crippen molar-refractivity contribution in [3.8, 4) is 0 Å². The van der Waals surface area contributed by atoms with Crippen LogP contribution in [-0.2, 0) is 17.4 Å². The molecule has 0 bridgehead atoms. The van der Waals surface area contributed by atoms with Gasteiger partial charge in [-0.1, -0.05) is 37.3 Å². The van der Waals surface area contributed by atoms with E-state index in [0.29, 0.717) is 29.9 Å². The summed E-state index contributed by atoms with van der Waals surface area (Å²) >= 11 is 0. The lowest BCUT2D eigenvalue weighted by molar-refractivity contribution is -0.144. The van der Waals surface area contributed by atoms with Gasteiger partial charge >= 0.3 is 6.18 Å². The van der Waals surface area contributed by atoms with Crippen LogP contribution in [0.1, 0.15) is 54.0 Å². The van der Waals surface area contributed by atoms with Crippen LogP contribution in [0, 0.1) is 13.8 Å². The fraction of sp³-hybridized carbons (Fsp3) is 0.429. The number of alkyl halides is 3. The van der Waals surface area contributed by atoms with Crippen molar-refractivity contribution in [3.63, 3.8) is 0 Å². The van der Waals surface area contributed by atoms with E-state index in [0.717, 1.165) is 10.9 Å². The third-order valence-electron chi connectivity index (χ3n) is 5.21. The molecule has 6 nitrogen and oxygen atoms in total. The largest absolute Gasteiger partial charge is 0.453 e. The number of benzene rings is 1. The molecular weight excluding hydrogens is 395 g/mol. The molecule has 0 saturated carbocycles. The highest BCUT2D eigenvalue weighted by molar-refractivity contribution is 5.76. The van der Waals surface area contributed by atoms with E-state index in [1.165, 1.54) is 5.56 Å². The Morgan fingerprint density at radius 3 is 2.50 bits per heavy atom. The maximum Gasteiger partial charge on any atom is 0.453 e. The van der Waals surface area contributed by atoms with Crippen molar-refractivity contribution in [1.29, 1.82) is 0 Å². The third-order valence-corrected chi connectivity index (χ3v) is 5.21. The Morgan fingerprint density at radius 1 is 1.17 bits per heavy atom. The maximum absolute atomic E-state index is 12.9. The molecule has 0 aliphatic carbocycles. The summed E-state index contributed by atoms with van der Waals surface area (Å²) in [5.41, 5.74) is 2.92. The topological polar surface area (TPSA) is 72.2 Å². The molecule has 0 unspecified atom stereocenters. The second-order valence-electron chi connectivity index (χ2n) is 7.23. The lowest BCUT2D eigenvalue weighted by Gasteiger charge is -2.16. The van der Waals surface area contributed by atoms with Gasteiger partial charge in [-0.3, -0.25) is 4.79 Å². The fourth-order valence-corrected chi connectivity index (χ4v) is 3.48. The second kappa shape index (κ2) is 8.81. The van der Waals surface area contributed by atoms with E-state index in [1.54, 1.807) is 13.8 Å². The van der Waals surface area contributed by atoms with Crippen molar-refractivity contribution in [2.75, 3.05) is 6.54 Å². The number of carbonyl (C=O) groups excluding carboxylic acids is 1. The second-order valence-corrected chi connectivity index (χ2v) is 7.23. The minimum Gasteiger partial charge on any atom is -0.355 e. The SMILES string of the molecule is CC[C@H](CNC(=O)CCc1c(C)nc2nc(C(F)(F)F)nn2c1C)c1ccccc1. The zero-order valence-electron chi connectivity index (χ0n) is 17.1. The summed E-state index contributed by atoms with van der Waals surface area (Å²) in [5.74, 6) is -1.21. The summed E-state index contributed by atoms with van der Waals surface area (Å²) in [5, 5.41) is 6.49. The van der Waals surface area contributed by atoms with Gasteiger partial charge in [-0.15, -0.1) is 5.10 Å². The molecular formula is C21H24F3N5O. The molecule has 0 aliphatic heterocycles. The van der Waals surface area contributed by atoms with Crippen LogP contribution < -0.4 is 5.32 Å². The number of amides is 1. The maximum atomic E-state index is 12.9. The molecule has 1 aromatic carbocycles. The van der Waals surface area contributed by atoms with E-state index in [4.69, 9.17) is 0 Å². The number of nitrogens with one attached hydrogen (secondary N) is 1. The van der Waals surface area contributed by atoms with Crippen LogP contribution >= 0.6 is 0 Å². The molecule has 2 heterocycles. The van der Waals surface area contributed by atoms with E-state index in [-0.39, 0.29) is 24.0 Å². The predicted molar refractivity (Wildman–Crippen MR) is 106 cm³/mol. The summed E-state index contributed by atoms with van der Waals surface area (Å²) in [7, 11) is 0. The van der Waals surface area contributed by atoms with Crippen LogP contribution in [-0.4, -0.2) is 32.0 Å². The predicted octanol–water partition coefficient (Wildman–Crippen LogP) is 4.00. The average molecular weight is 419 g/mol. The van der Waals surface area contributed by atoms with Crippen molar-refractivity contribution in [2.24, 2.45) is 0 Å². The summed E-state index contributed by atoms with van der Waals surface area (Å²) in [6.45, 7) is 5.97. The number of rotatable bonds is 7. The molecule has 0 fully saturated rings.